The molecule has 0 aliphatic carbocycles. The molecule has 0 saturated heterocycles. The molecule has 0 unspecified atom stereocenters. The number of aryl methyl sites for hydroxylation is 2. The number of fused-ring (bicyclic) bond motifs is 1. The monoisotopic (exact) mass is 393 g/mol. The lowest BCUT2D eigenvalue weighted by atomic mass is 10.1. The Balaban J connectivity index is 1.75. The van der Waals surface area contributed by atoms with Crippen molar-refractivity contribution in [2.45, 2.75) is 32.6 Å². The van der Waals surface area contributed by atoms with Crippen LogP contribution in [-0.2, 0) is 24.6 Å². The molecule has 3 aromatic rings. The van der Waals surface area contributed by atoms with E-state index in [1.54, 1.807) is 20.9 Å². The van der Waals surface area contributed by atoms with Crippen LogP contribution in [0.25, 0.3) is 10.9 Å². The Morgan fingerprint density at radius 3 is 2.50 bits per heavy atom. The Bertz CT molecular complexity index is 1080. The summed E-state index contributed by atoms with van der Waals surface area (Å²) < 4.78 is 40.4. The number of benzene rings is 1. The van der Waals surface area contributed by atoms with Gasteiger partial charge in [-0.2, -0.15) is 23.4 Å². The van der Waals surface area contributed by atoms with Crippen molar-refractivity contribution in [3.05, 3.63) is 57.6 Å². The molecular formula is C18H18F3N5O2. The number of hydrogen-bond acceptors (Lipinski definition) is 4. The molecule has 2 heterocycles. The summed E-state index contributed by atoms with van der Waals surface area (Å²) in [5, 5.41) is 11.4. The van der Waals surface area contributed by atoms with Crippen LogP contribution in [0.2, 0.25) is 0 Å². The number of carbonyl (C=O) groups excluding carboxylic acids is 1. The van der Waals surface area contributed by atoms with Gasteiger partial charge in [-0.15, -0.1) is 0 Å². The van der Waals surface area contributed by atoms with Crippen LogP contribution >= 0.6 is 0 Å². The molecule has 1 N–H and O–H groups in total. The average molecular weight is 393 g/mol. The molecule has 0 bridgehead atoms. The Hall–Kier alpha value is -3.17. The van der Waals surface area contributed by atoms with Gasteiger partial charge in [-0.1, -0.05) is 12.1 Å². The Morgan fingerprint density at radius 1 is 1.25 bits per heavy atom. The second kappa shape index (κ2) is 7.10. The SMILES string of the molecule is Cc1nn(CC(=O)N[C@@H](C)c2ccc(C(F)(F)F)cc2)c(=O)c2c1cnn2C. The van der Waals surface area contributed by atoms with E-state index in [1.807, 2.05) is 0 Å². The lowest BCUT2D eigenvalue weighted by Crippen LogP contribution is -2.35. The highest BCUT2D eigenvalue weighted by molar-refractivity contribution is 5.80. The maximum absolute atomic E-state index is 12.6. The van der Waals surface area contributed by atoms with Crippen LogP contribution in [0.1, 0.15) is 29.8 Å². The minimum absolute atomic E-state index is 0.314. The Kier molecular flexibility index (Phi) is 4.97. The van der Waals surface area contributed by atoms with Crippen molar-refractivity contribution < 1.29 is 18.0 Å². The van der Waals surface area contributed by atoms with Crippen LogP contribution in [0.5, 0.6) is 0 Å². The van der Waals surface area contributed by atoms with Gasteiger partial charge in [-0.3, -0.25) is 14.3 Å². The second-order valence-electron chi connectivity index (χ2n) is 6.49. The number of aromatic nitrogens is 4. The summed E-state index contributed by atoms with van der Waals surface area (Å²) >= 11 is 0. The molecule has 0 saturated carbocycles. The lowest BCUT2D eigenvalue weighted by Gasteiger charge is -2.16. The topological polar surface area (TPSA) is 81.8 Å². The standard InChI is InChI=1S/C18H18F3N5O2/c1-10(12-4-6-13(7-5-12)18(19,20)21)23-15(27)9-26-17(28)16-14(11(2)24-26)8-22-25(16)3/h4-8,10H,9H2,1-3H3,(H,23,27)/t10-/m0/s1. The van der Waals surface area contributed by atoms with Crippen molar-refractivity contribution in [3.8, 4) is 0 Å². The smallest absolute Gasteiger partial charge is 0.348 e. The first kappa shape index (κ1) is 19.6. The third-order valence-corrected chi connectivity index (χ3v) is 4.45. The molecule has 0 radical (unpaired) electrons. The van der Waals surface area contributed by atoms with E-state index in [-0.39, 0.29) is 6.54 Å². The fourth-order valence-corrected chi connectivity index (χ4v) is 2.93. The predicted octanol–water partition coefficient (Wildman–Crippen LogP) is 2.33. The van der Waals surface area contributed by atoms with Crippen molar-refractivity contribution in [2.24, 2.45) is 7.05 Å². The zero-order valence-electron chi connectivity index (χ0n) is 15.4. The summed E-state index contributed by atoms with van der Waals surface area (Å²) in [6.45, 7) is 3.04. The van der Waals surface area contributed by atoms with E-state index in [9.17, 15) is 22.8 Å². The van der Waals surface area contributed by atoms with Crippen molar-refractivity contribution in [2.75, 3.05) is 0 Å². The van der Waals surface area contributed by atoms with Gasteiger partial charge in [0.05, 0.1) is 23.5 Å². The molecule has 28 heavy (non-hydrogen) atoms. The summed E-state index contributed by atoms with van der Waals surface area (Å²) in [4.78, 5) is 24.9. The average Bonchev–Trinajstić information content (AvgIpc) is 3.01. The maximum Gasteiger partial charge on any atom is 0.416 e. The van der Waals surface area contributed by atoms with Crippen LogP contribution < -0.4 is 10.9 Å². The molecule has 0 aliphatic heterocycles. The number of carbonyl (C=O) groups is 1. The quantitative estimate of drug-likeness (QED) is 0.738. The van der Waals surface area contributed by atoms with E-state index in [2.05, 4.69) is 15.5 Å². The molecule has 2 aromatic heterocycles. The fraction of sp³-hybridized carbons (Fsp3) is 0.333. The van der Waals surface area contributed by atoms with E-state index < -0.39 is 29.2 Å². The van der Waals surface area contributed by atoms with E-state index in [0.717, 1.165) is 16.8 Å². The Morgan fingerprint density at radius 2 is 1.89 bits per heavy atom. The van der Waals surface area contributed by atoms with Crippen molar-refractivity contribution >= 4 is 16.8 Å². The zero-order chi connectivity index (χ0) is 20.6. The van der Waals surface area contributed by atoms with E-state index in [4.69, 9.17) is 0 Å². The zero-order valence-corrected chi connectivity index (χ0v) is 15.4. The van der Waals surface area contributed by atoms with Gasteiger partial charge in [0.1, 0.15) is 12.1 Å². The molecule has 10 heteroatoms. The third kappa shape index (κ3) is 3.75. The molecule has 0 fully saturated rings. The van der Waals surface area contributed by atoms with Gasteiger partial charge in [-0.25, -0.2) is 4.68 Å². The van der Waals surface area contributed by atoms with E-state index >= 15 is 0 Å². The normalized spacial score (nSPS) is 12.9. The van der Waals surface area contributed by atoms with Crippen molar-refractivity contribution in [1.82, 2.24) is 24.9 Å². The van der Waals surface area contributed by atoms with Gasteiger partial charge >= 0.3 is 6.18 Å². The largest absolute Gasteiger partial charge is 0.416 e. The number of nitrogens with zero attached hydrogens (tertiary/aromatic N) is 4. The highest BCUT2D eigenvalue weighted by Crippen LogP contribution is 2.29. The molecule has 1 aromatic carbocycles. The number of alkyl halides is 3. The predicted molar refractivity (Wildman–Crippen MR) is 95.5 cm³/mol. The van der Waals surface area contributed by atoms with Gasteiger partial charge < -0.3 is 5.32 Å². The van der Waals surface area contributed by atoms with Crippen molar-refractivity contribution in [1.29, 1.82) is 0 Å². The molecule has 1 atom stereocenters. The minimum Gasteiger partial charge on any atom is -0.348 e. The van der Waals surface area contributed by atoms with Gasteiger partial charge in [-0.05, 0) is 31.5 Å². The van der Waals surface area contributed by atoms with E-state index in [0.29, 0.717) is 22.2 Å². The van der Waals surface area contributed by atoms with Crippen LogP contribution in [0.3, 0.4) is 0 Å². The lowest BCUT2D eigenvalue weighted by molar-refractivity contribution is -0.137. The van der Waals surface area contributed by atoms with Gasteiger partial charge in [0, 0.05) is 12.4 Å². The highest BCUT2D eigenvalue weighted by Gasteiger charge is 2.30. The number of nitrogens with one attached hydrogen (secondary N) is 1. The fourth-order valence-electron chi connectivity index (χ4n) is 2.93. The number of rotatable bonds is 4. The molecule has 3 rings (SSSR count). The number of hydrogen-bond donors (Lipinski definition) is 1. The second-order valence-corrected chi connectivity index (χ2v) is 6.49. The van der Waals surface area contributed by atoms with Crippen LogP contribution in [-0.4, -0.2) is 25.5 Å². The molecule has 0 spiro atoms. The Labute approximate surface area is 157 Å². The molecule has 1 amide bonds. The highest BCUT2D eigenvalue weighted by atomic mass is 19.4. The van der Waals surface area contributed by atoms with Gasteiger partial charge in [0.25, 0.3) is 5.56 Å². The molecule has 7 nitrogen and oxygen atoms in total. The van der Waals surface area contributed by atoms with Gasteiger partial charge in [0.15, 0.2) is 0 Å². The summed E-state index contributed by atoms with van der Waals surface area (Å²) in [5.74, 6) is -0.483. The third-order valence-electron chi connectivity index (χ3n) is 4.45. The minimum atomic E-state index is -4.42. The summed E-state index contributed by atoms with van der Waals surface area (Å²) in [6, 6.07) is 4.01. The molecule has 148 valence electrons. The maximum atomic E-state index is 12.6. The van der Waals surface area contributed by atoms with Crippen LogP contribution in [0, 0.1) is 6.92 Å². The first-order valence-corrected chi connectivity index (χ1v) is 8.44. The summed E-state index contributed by atoms with van der Waals surface area (Å²) in [6.07, 6.45) is -2.88. The van der Waals surface area contributed by atoms with Crippen LogP contribution in [0.15, 0.2) is 35.3 Å². The summed E-state index contributed by atoms with van der Waals surface area (Å²) in [5.41, 5.74) is 0.214. The number of amides is 1. The molecule has 0 aliphatic rings. The first-order valence-electron chi connectivity index (χ1n) is 8.44. The van der Waals surface area contributed by atoms with Crippen molar-refractivity contribution in [3.63, 3.8) is 0 Å². The first-order chi connectivity index (χ1) is 13.1. The summed E-state index contributed by atoms with van der Waals surface area (Å²) in [7, 11) is 1.63. The van der Waals surface area contributed by atoms with Crippen LogP contribution in [0.4, 0.5) is 13.2 Å². The van der Waals surface area contributed by atoms with Gasteiger partial charge in [0.2, 0.25) is 5.91 Å². The molecular weight excluding hydrogens is 375 g/mol. The number of halogens is 3. The van der Waals surface area contributed by atoms with E-state index in [1.165, 1.54) is 23.0 Å².